The van der Waals surface area contributed by atoms with E-state index in [-0.39, 0.29) is 0 Å². The van der Waals surface area contributed by atoms with E-state index >= 15 is 0 Å². The summed E-state index contributed by atoms with van der Waals surface area (Å²) in [6, 6.07) is 0. The molecule has 0 amide bonds. The molecule has 0 spiro atoms. The second-order valence-electron chi connectivity index (χ2n) is 1.27. The molecule has 0 unspecified atom stereocenters. The van der Waals surface area contributed by atoms with Crippen molar-refractivity contribution in [2.45, 2.75) is 6.42 Å². The number of Topliss-reactive ketones (excluding diaryl/α,β-unsaturated/α-hetero) is 1. The Morgan fingerprint density at radius 1 is 1.83 bits per heavy atom. The molecular formula is C4H5OP. The Kier molecular flexibility index (Phi) is 1.02. The molecule has 1 rings (SSSR count). The van der Waals surface area contributed by atoms with Gasteiger partial charge in [0.2, 0.25) is 0 Å². The third-order valence-electron chi connectivity index (χ3n) is 0.716. The maximum absolute atomic E-state index is 10.2. The maximum Gasteiger partial charge on any atom is 0.145 e. The quantitative estimate of drug-likeness (QED) is 0.409. The van der Waals surface area contributed by atoms with Crippen LogP contribution in [0.4, 0.5) is 0 Å². The van der Waals surface area contributed by atoms with Gasteiger partial charge in [0.1, 0.15) is 5.78 Å². The first-order valence-electron chi connectivity index (χ1n) is 1.89. The average Bonchev–Trinajstić information content (AvgIpc) is 1.86. The van der Waals surface area contributed by atoms with Crippen molar-refractivity contribution in [3.8, 4) is 0 Å². The van der Waals surface area contributed by atoms with Gasteiger partial charge in [0, 0.05) is 12.6 Å². The fourth-order valence-corrected chi connectivity index (χ4v) is 1.19. The molecule has 0 atom stereocenters. The molecule has 1 aliphatic rings. The zero-order valence-electron chi connectivity index (χ0n) is 3.35. The summed E-state index contributed by atoms with van der Waals surface area (Å²) in [6.07, 6.45) is 1.47. The van der Waals surface area contributed by atoms with Gasteiger partial charge in [0.15, 0.2) is 0 Å². The summed E-state index contributed by atoms with van der Waals surface area (Å²) < 4.78 is 0. The Morgan fingerprint density at radius 3 is 2.83 bits per heavy atom. The monoisotopic (exact) mass is 100 g/mol. The number of hydrogen-bond donors (Lipinski definition) is 0. The number of rotatable bonds is 0. The van der Waals surface area contributed by atoms with Gasteiger partial charge in [0.25, 0.3) is 0 Å². The highest BCUT2D eigenvalue weighted by molar-refractivity contribution is 7.41. The molecule has 1 nitrogen and oxygen atoms in total. The molecule has 0 aliphatic carbocycles. The second-order valence-corrected chi connectivity index (χ2v) is 2.31. The van der Waals surface area contributed by atoms with Crippen LogP contribution in [0.25, 0.3) is 0 Å². The van der Waals surface area contributed by atoms with Crippen molar-refractivity contribution in [1.82, 2.24) is 0 Å². The lowest BCUT2D eigenvalue weighted by Crippen LogP contribution is -1.90. The highest BCUT2D eigenvalue weighted by atomic mass is 31.1. The van der Waals surface area contributed by atoms with Crippen LogP contribution in [-0.2, 0) is 4.79 Å². The van der Waals surface area contributed by atoms with Crippen LogP contribution >= 0.6 is 8.20 Å². The molecule has 0 saturated carbocycles. The van der Waals surface area contributed by atoms with Gasteiger partial charge in [0.05, 0.1) is 0 Å². The standard InChI is InChI=1S/C4H5OP/c5-4-1-2-6-3-4/h2H,1,3H2. The summed E-state index contributed by atoms with van der Waals surface area (Å²) in [5, 5.41) is 0. The summed E-state index contributed by atoms with van der Waals surface area (Å²) in [7, 11) is 1.21. The van der Waals surface area contributed by atoms with E-state index in [2.05, 4.69) is 0 Å². The molecule has 0 fully saturated rings. The first-order valence-corrected chi connectivity index (χ1v) is 3.04. The van der Waals surface area contributed by atoms with E-state index in [1.165, 1.54) is 8.20 Å². The van der Waals surface area contributed by atoms with Gasteiger partial charge in [-0.25, -0.2) is 0 Å². The normalized spacial score (nSPS) is 22.3. The molecule has 0 aromatic carbocycles. The summed E-state index contributed by atoms with van der Waals surface area (Å²) in [5.41, 5.74) is 0. The topological polar surface area (TPSA) is 17.1 Å². The Labute approximate surface area is 38.2 Å². The van der Waals surface area contributed by atoms with Crippen LogP contribution in [0.15, 0.2) is 0 Å². The molecule has 1 heterocycles. The van der Waals surface area contributed by atoms with E-state index in [1.54, 1.807) is 0 Å². The molecule has 1 aliphatic heterocycles. The number of hydrogen-bond acceptors (Lipinski definition) is 1. The third-order valence-corrected chi connectivity index (χ3v) is 1.69. The first kappa shape index (κ1) is 4.01. The van der Waals surface area contributed by atoms with Gasteiger partial charge in [-0.1, -0.05) is 5.80 Å². The number of carbonyl (C=O) groups is 1. The van der Waals surface area contributed by atoms with Crippen LogP contribution in [0.2, 0.25) is 0 Å². The van der Waals surface area contributed by atoms with E-state index in [9.17, 15) is 4.79 Å². The molecule has 0 aromatic heterocycles. The molecule has 0 radical (unpaired) electrons. The van der Waals surface area contributed by atoms with Gasteiger partial charge in [-0.15, -0.1) is 8.20 Å². The highest BCUT2D eigenvalue weighted by Gasteiger charge is 2.00. The zero-order valence-corrected chi connectivity index (χ0v) is 4.24. The molecule has 32 valence electrons. The van der Waals surface area contributed by atoms with Gasteiger partial charge < -0.3 is 0 Å². The minimum Gasteiger partial charge on any atom is -0.299 e. The smallest absolute Gasteiger partial charge is 0.145 e. The fourth-order valence-electron chi connectivity index (χ4n) is 0.397. The van der Waals surface area contributed by atoms with Crippen LogP contribution in [-0.4, -0.2) is 17.7 Å². The fraction of sp³-hybridized carbons (Fsp3) is 0.500. The van der Waals surface area contributed by atoms with Crippen molar-refractivity contribution in [2.75, 3.05) is 6.16 Å². The second kappa shape index (κ2) is 1.53. The molecule has 0 bridgehead atoms. The van der Waals surface area contributed by atoms with E-state index < -0.39 is 0 Å². The Bertz CT molecular complexity index is 85.7. The van der Waals surface area contributed by atoms with Crippen molar-refractivity contribution >= 4 is 19.8 Å². The third kappa shape index (κ3) is 0.662. The molecular weight excluding hydrogens is 95.0 g/mol. The summed E-state index contributed by atoms with van der Waals surface area (Å²) >= 11 is 0. The summed E-state index contributed by atoms with van der Waals surface area (Å²) in [6.45, 7) is 0. The summed E-state index contributed by atoms with van der Waals surface area (Å²) in [4.78, 5) is 10.2. The number of carbonyl (C=O) groups excluding carboxylic acids is 1. The molecule has 0 aromatic rings. The minimum absolute atomic E-state index is 0.386. The van der Waals surface area contributed by atoms with Gasteiger partial charge >= 0.3 is 0 Å². The molecule has 0 N–H and O–H groups in total. The van der Waals surface area contributed by atoms with E-state index in [0.717, 1.165) is 6.16 Å². The van der Waals surface area contributed by atoms with E-state index in [1.807, 2.05) is 5.80 Å². The zero-order chi connectivity index (χ0) is 4.41. The van der Waals surface area contributed by atoms with Crippen LogP contribution in [0.5, 0.6) is 0 Å². The van der Waals surface area contributed by atoms with Gasteiger partial charge in [-0.05, 0) is 0 Å². The SMILES string of the molecule is O=C1CC=PC1. The highest BCUT2D eigenvalue weighted by Crippen LogP contribution is 2.04. The predicted molar refractivity (Wildman–Crippen MR) is 27.5 cm³/mol. The van der Waals surface area contributed by atoms with Crippen molar-refractivity contribution in [3.05, 3.63) is 0 Å². The van der Waals surface area contributed by atoms with Gasteiger partial charge in [-0.3, -0.25) is 4.79 Å². The van der Waals surface area contributed by atoms with Crippen molar-refractivity contribution in [3.63, 3.8) is 0 Å². The lowest BCUT2D eigenvalue weighted by atomic mass is 10.4. The minimum atomic E-state index is 0.386. The predicted octanol–water partition coefficient (Wildman–Crippen LogP) is 0.708. The molecule has 0 saturated heterocycles. The maximum atomic E-state index is 10.2. The van der Waals surface area contributed by atoms with Crippen molar-refractivity contribution < 1.29 is 4.79 Å². The largest absolute Gasteiger partial charge is 0.299 e. The Hall–Kier alpha value is -0.160. The van der Waals surface area contributed by atoms with Crippen LogP contribution in [0.1, 0.15) is 6.42 Å². The number of ketones is 1. The van der Waals surface area contributed by atoms with Crippen LogP contribution in [0.3, 0.4) is 0 Å². The van der Waals surface area contributed by atoms with E-state index in [4.69, 9.17) is 0 Å². The molecule has 6 heavy (non-hydrogen) atoms. The summed E-state index contributed by atoms with van der Waals surface area (Å²) in [5.74, 6) is 2.39. The van der Waals surface area contributed by atoms with E-state index in [0.29, 0.717) is 12.2 Å². The van der Waals surface area contributed by atoms with Gasteiger partial charge in [-0.2, -0.15) is 0 Å². The lowest BCUT2D eigenvalue weighted by Gasteiger charge is -1.71. The van der Waals surface area contributed by atoms with Crippen molar-refractivity contribution in [2.24, 2.45) is 0 Å². The molecule has 2 heteroatoms. The van der Waals surface area contributed by atoms with Crippen LogP contribution < -0.4 is 0 Å². The Balaban J connectivity index is 2.52. The van der Waals surface area contributed by atoms with Crippen LogP contribution in [0, 0.1) is 0 Å². The first-order chi connectivity index (χ1) is 2.89. The van der Waals surface area contributed by atoms with Crippen molar-refractivity contribution in [1.29, 1.82) is 0 Å². The average molecular weight is 100 g/mol. The Morgan fingerprint density at radius 2 is 2.67 bits per heavy atom. The lowest BCUT2D eigenvalue weighted by molar-refractivity contribution is -0.115.